The summed E-state index contributed by atoms with van der Waals surface area (Å²) in [5.41, 5.74) is 3.24. The minimum Gasteiger partial charge on any atom is -0.495 e. The van der Waals surface area contributed by atoms with Gasteiger partial charge in [0.25, 0.3) is 0 Å². The first-order valence-electron chi connectivity index (χ1n) is 11.0. The van der Waals surface area contributed by atoms with Gasteiger partial charge in [-0.25, -0.2) is 4.98 Å². The van der Waals surface area contributed by atoms with E-state index in [9.17, 15) is 9.59 Å². The van der Waals surface area contributed by atoms with Crippen LogP contribution in [-0.2, 0) is 21.4 Å². The average molecular weight is 479 g/mol. The molecule has 0 radical (unpaired) electrons. The van der Waals surface area contributed by atoms with Crippen LogP contribution in [0, 0.1) is 0 Å². The molecule has 2 N–H and O–H groups in total. The van der Waals surface area contributed by atoms with Crippen molar-refractivity contribution >= 4 is 29.4 Å². The number of rotatable bonds is 12. The Morgan fingerprint density at radius 3 is 2.51 bits per heavy atom. The number of anilines is 2. The van der Waals surface area contributed by atoms with Gasteiger partial charge in [0.1, 0.15) is 5.76 Å². The molecule has 35 heavy (non-hydrogen) atoms. The van der Waals surface area contributed by atoms with E-state index < -0.39 is 0 Å². The van der Waals surface area contributed by atoms with E-state index in [1.165, 1.54) is 18.1 Å². The molecule has 0 bridgehead atoms. The van der Waals surface area contributed by atoms with Gasteiger partial charge in [0.05, 0.1) is 24.2 Å². The predicted molar refractivity (Wildman–Crippen MR) is 140 cm³/mol. The number of hydrogen-bond acceptors (Lipinski definition) is 6. The van der Waals surface area contributed by atoms with Gasteiger partial charge in [0, 0.05) is 51.1 Å². The molecule has 1 aromatic heterocycles. The minimum atomic E-state index is -0.344. The van der Waals surface area contributed by atoms with Crippen molar-refractivity contribution < 1.29 is 14.3 Å². The number of carbonyl (C=O) groups excluding carboxylic acids is 2. The lowest BCUT2D eigenvalue weighted by atomic mass is 10.1. The Kier molecular flexibility index (Phi) is 9.45. The molecule has 0 spiro atoms. The zero-order valence-electron chi connectivity index (χ0n) is 21.2. The maximum absolute atomic E-state index is 12.2. The largest absolute Gasteiger partial charge is 0.495 e. The molecule has 0 saturated heterocycles. The van der Waals surface area contributed by atoms with Crippen LogP contribution in [0.2, 0.25) is 0 Å². The Bertz CT molecular complexity index is 1140. The summed E-state index contributed by atoms with van der Waals surface area (Å²) in [6.07, 6.45) is 7.14. The molecule has 9 heteroatoms. The second kappa shape index (κ2) is 12.3. The Hall–Kier alpha value is -4.27. The number of benzene rings is 1. The third-order valence-electron chi connectivity index (χ3n) is 5.04. The minimum absolute atomic E-state index is 0.251. The van der Waals surface area contributed by atoms with Crippen molar-refractivity contribution in [2.45, 2.75) is 19.8 Å². The predicted octanol–water partition coefficient (Wildman–Crippen LogP) is 3.78. The Balaban J connectivity index is 2.62. The second-order valence-corrected chi connectivity index (χ2v) is 8.28. The van der Waals surface area contributed by atoms with Gasteiger partial charge < -0.3 is 24.8 Å². The van der Waals surface area contributed by atoms with Gasteiger partial charge >= 0.3 is 0 Å². The lowest BCUT2D eigenvalue weighted by molar-refractivity contribution is -0.112. The Morgan fingerprint density at radius 1 is 1.26 bits per heavy atom. The van der Waals surface area contributed by atoms with Gasteiger partial charge in [-0.3, -0.25) is 14.5 Å². The summed E-state index contributed by atoms with van der Waals surface area (Å²) in [7, 11) is 7.22. The molecule has 2 amide bonds. The Morgan fingerprint density at radius 2 is 1.97 bits per heavy atom. The number of carbonyl (C=O) groups is 2. The SMILES string of the molecule is C=CC(=O)Nc1cccc(N(C=O)/C=C(/N/C(=C/N(C)C)C(=C)OC)c2ncc(C(C)C)n2C)c1. The summed E-state index contributed by atoms with van der Waals surface area (Å²) < 4.78 is 7.33. The summed E-state index contributed by atoms with van der Waals surface area (Å²) in [5.74, 6) is 0.934. The maximum atomic E-state index is 12.2. The molecule has 0 saturated carbocycles. The highest BCUT2D eigenvalue weighted by Gasteiger charge is 2.18. The van der Waals surface area contributed by atoms with E-state index >= 15 is 0 Å². The van der Waals surface area contributed by atoms with Crippen molar-refractivity contribution in [1.82, 2.24) is 19.8 Å². The molecule has 2 aromatic rings. The van der Waals surface area contributed by atoms with Crippen LogP contribution in [0.3, 0.4) is 0 Å². The number of nitrogens with zero attached hydrogens (tertiary/aromatic N) is 4. The van der Waals surface area contributed by atoms with Gasteiger partial charge in [-0.2, -0.15) is 0 Å². The maximum Gasteiger partial charge on any atom is 0.247 e. The lowest BCUT2D eigenvalue weighted by Gasteiger charge is -2.21. The van der Waals surface area contributed by atoms with E-state index in [2.05, 4.69) is 42.6 Å². The standard InChI is InChI=1S/C26H34N6O3/c1-9-25(34)28-20-11-10-12-21(13-20)32(17-33)16-23(26-27-14-24(18(2)3)31(26)7)29-22(15-30(5)6)19(4)35-8/h9-18,29H,1,4H2,2-3,5-8H3,(H,28,34)/b22-15+,23-16+. The zero-order valence-corrected chi connectivity index (χ0v) is 21.2. The fourth-order valence-corrected chi connectivity index (χ4v) is 3.28. The van der Waals surface area contributed by atoms with Gasteiger partial charge in [-0.05, 0) is 30.2 Å². The quantitative estimate of drug-likeness (QED) is 0.209. The number of nitrogens with one attached hydrogen (secondary N) is 2. The first-order chi connectivity index (χ1) is 16.6. The first-order valence-corrected chi connectivity index (χ1v) is 11.0. The molecular weight excluding hydrogens is 444 g/mol. The van der Waals surface area contributed by atoms with Crippen molar-refractivity contribution in [2.75, 3.05) is 31.4 Å². The molecule has 1 heterocycles. The topological polar surface area (TPSA) is 91.7 Å². The monoisotopic (exact) mass is 478 g/mol. The number of hydrogen-bond donors (Lipinski definition) is 2. The van der Waals surface area contributed by atoms with Gasteiger partial charge in [-0.15, -0.1) is 0 Å². The Labute approximate surface area is 207 Å². The van der Waals surface area contributed by atoms with E-state index in [1.54, 1.807) is 30.5 Å². The van der Waals surface area contributed by atoms with Gasteiger partial charge in [0.2, 0.25) is 12.3 Å². The number of imidazole rings is 1. The molecule has 1 aromatic carbocycles. The van der Waals surface area contributed by atoms with Crippen LogP contribution in [-0.4, -0.2) is 48.0 Å². The van der Waals surface area contributed by atoms with E-state index in [0.717, 1.165) is 5.69 Å². The van der Waals surface area contributed by atoms with Crippen LogP contribution in [0.4, 0.5) is 11.4 Å². The van der Waals surface area contributed by atoms with Gasteiger partial charge in [-0.1, -0.05) is 33.1 Å². The molecule has 0 aliphatic heterocycles. The molecule has 0 aliphatic carbocycles. The van der Waals surface area contributed by atoms with Crippen LogP contribution in [0.5, 0.6) is 0 Å². The third kappa shape index (κ3) is 7.10. The smallest absolute Gasteiger partial charge is 0.247 e. The first kappa shape index (κ1) is 27.0. The van der Waals surface area contributed by atoms with Crippen LogP contribution in [0.1, 0.15) is 31.3 Å². The number of ether oxygens (including phenoxy) is 1. The van der Waals surface area contributed by atoms with E-state index in [0.29, 0.717) is 40.8 Å². The molecule has 186 valence electrons. The van der Waals surface area contributed by atoms with E-state index in [4.69, 9.17) is 4.74 Å². The van der Waals surface area contributed by atoms with Crippen LogP contribution < -0.4 is 15.5 Å². The van der Waals surface area contributed by atoms with Crippen molar-refractivity contribution in [3.63, 3.8) is 0 Å². The molecular formula is C26H34N6O3. The average Bonchev–Trinajstić information content (AvgIpc) is 3.21. The fraction of sp³-hybridized carbons (Fsp3) is 0.269. The van der Waals surface area contributed by atoms with Crippen molar-refractivity contribution in [2.24, 2.45) is 7.05 Å². The van der Waals surface area contributed by atoms with Crippen molar-refractivity contribution in [3.05, 3.63) is 85.1 Å². The zero-order chi connectivity index (χ0) is 26.1. The summed E-state index contributed by atoms with van der Waals surface area (Å²) >= 11 is 0. The molecule has 0 aliphatic rings. The highest BCUT2D eigenvalue weighted by Crippen LogP contribution is 2.24. The molecule has 0 atom stereocenters. The number of amides is 2. The highest BCUT2D eigenvalue weighted by molar-refractivity contribution is 5.99. The highest BCUT2D eigenvalue weighted by atomic mass is 16.5. The number of methoxy groups -OCH3 is 1. The van der Waals surface area contributed by atoms with E-state index in [1.807, 2.05) is 43.0 Å². The summed E-state index contributed by atoms with van der Waals surface area (Å²) in [4.78, 5) is 31.8. The van der Waals surface area contributed by atoms with Crippen molar-refractivity contribution in [1.29, 1.82) is 0 Å². The molecule has 0 unspecified atom stereocenters. The van der Waals surface area contributed by atoms with Crippen LogP contribution in [0.15, 0.2) is 73.6 Å². The molecule has 0 fully saturated rings. The third-order valence-corrected chi connectivity index (χ3v) is 5.04. The van der Waals surface area contributed by atoms with E-state index in [-0.39, 0.29) is 11.8 Å². The summed E-state index contributed by atoms with van der Waals surface area (Å²) in [6, 6.07) is 6.92. The van der Waals surface area contributed by atoms with Gasteiger partial charge in [0.15, 0.2) is 5.82 Å². The van der Waals surface area contributed by atoms with Crippen molar-refractivity contribution in [3.8, 4) is 0 Å². The number of aromatic nitrogens is 2. The molecule has 9 nitrogen and oxygen atoms in total. The summed E-state index contributed by atoms with van der Waals surface area (Å²) in [6.45, 7) is 11.6. The summed E-state index contributed by atoms with van der Waals surface area (Å²) in [5, 5.41) is 6.03. The lowest BCUT2D eigenvalue weighted by Crippen LogP contribution is -2.23. The van der Waals surface area contributed by atoms with Crippen LogP contribution in [0.25, 0.3) is 5.70 Å². The van der Waals surface area contributed by atoms with Crippen LogP contribution >= 0.6 is 0 Å². The second-order valence-electron chi connectivity index (χ2n) is 8.28. The fourth-order valence-electron chi connectivity index (χ4n) is 3.28. The molecule has 2 rings (SSSR count). The normalized spacial score (nSPS) is 11.6.